The Bertz CT molecular complexity index is 495. The highest BCUT2D eigenvalue weighted by Crippen LogP contribution is 2.53. The normalized spacial score (nSPS) is 22.6. The van der Waals surface area contributed by atoms with Crippen molar-refractivity contribution in [3.63, 3.8) is 0 Å². The molecule has 9 heteroatoms. The fourth-order valence-electron chi connectivity index (χ4n) is 1.60. The number of halogens is 6. The first-order valence-electron chi connectivity index (χ1n) is 4.88. The minimum atomic E-state index is -5.42. The molecule has 19 heavy (non-hydrogen) atoms. The molecule has 3 nitrogen and oxygen atoms in total. The summed E-state index contributed by atoms with van der Waals surface area (Å²) in [5.74, 6) is -5.96. The Balaban J connectivity index is 2.43. The summed E-state index contributed by atoms with van der Waals surface area (Å²) in [5, 5.41) is 9.27. The van der Waals surface area contributed by atoms with Gasteiger partial charge < -0.3 is 14.6 Å². The number of hydrogen-bond acceptors (Lipinski definition) is 3. The maximum atomic E-state index is 12.8. The number of para-hydroxylation sites is 1. The van der Waals surface area contributed by atoms with E-state index in [0.717, 1.165) is 18.2 Å². The lowest BCUT2D eigenvalue weighted by Crippen LogP contribution is -2.55. The second kappa shape index (κ2) is 3.84. The minimum Gasteiger partial charge on any atom is -0.504 e. The van der Waals surface area contributed by atoms with E-state index in [2.05, 4.69) is 9.47 Å². The Labute approximate surface area is 102 Å². The van der Waals surface area contributed by atoms with Crippen molar-refractivity contribution in [3.8, 4) is 17.2 Å². The number of fused-ring (bicyclic) bond motifs is 1. The number of phenols is 1. The lowest BCUT2D eigenvalue weighted by Gasteiger charge is -2.30. The molecule has 0 bridgehead atoms. The SMILES string of the molecule is Oc1cccc2c1OC(CC(F)(F)F)(C(F)(F)F)O2. The Hall–Kier alpha value is -1.80. The minimum absolute atomic E-state index is 0.596. The first kappa shape index (κ1) is 13.6. The molecule has 0 saturated carbocycles. The van der Waals surface area contributed by atoms with Gasteiger partial charge in [0.2, 0.25) is 5.75 Å². The lowest BCUT2D eigenvalue weighted by molar-refractivity contribution is -0.338. The molecule has 0 aromatic heterocycles. The first-order chi connectivity index (χ1) is 8.54. The molecule has 1 atom stereocenters. The van der Waals surface area contributed by atoms with Gasteiger partial charge in [-0.3, -0.25) is 0 Å². The second-order valence-electron chi connectivity index (χ2n) is 3.85. The summed E-state index contributed by atoms with van der Waals surface area (Å²) in [4.78, 5) is 0. The Morgan fingerprint density at radius 3 is 2.16 bits per heavy atom. The van der Waals surface area contributed by atoms with E-state index >= 15 is 0 Å². The Morgan fingerprint density at radius 1 is 1.05 bits per heavy atom. The van der Waals surface area contributed by atoms with Crippen molar-refractivity contribution in [2.75, 3.05) is 0 Å². The molecule has 0 radical (unpaired) electrons. The summed E-state index contributed by atoms with van der Waals surface area (Å²) in [6.45, 7) is 0. The van der Waals surface area contributed by atoms with Crippen molar-refractivity contribution in [1.29, 1.82) is 0 Å². The van der Waals surface area contributed by atoms with Crippen molar-refractivity contribution < 1.29 is 40.9 Å². The summed E-state index contributed by atoms with van der Waals surface area (Å²) in [5.41, 5.74) is 0. The van der Waals surface area contributed by atoms with Crippen molar-refractivity contribution in [3.05, 3.63) is 18.2 Å². The van der Waals surface area contributed by atoms with E-state index in [1.165, 1.54) is 0 Å². The van der Waals surface area contributed by atoms with Crippen LogP contribution in [0, 0.1) is 0 Å². The van der Waals surface area contributed by atoms with Crippen molar-refractivity contribution >= 4 is 0 Å². The Morgan fingerprint density at radius 2 is 1.68 bits per heavy atom. The molecule has 1 heterocycles. The molecule has 0 fully saturated rings. The highest BCUT2D eigenvalue weighted by atomic mass is 19.4. The maximum absolute atomic E-state index is 12.8. The maximum Gasteiger partial charge on any atom is 0.468 e. The molecule has 106 valence electrons. The van der Waals surface area contributed by atoms with E-state index in [1.807, 2.05) is 0 Å². The molecule has 1 aliphatic heterocycles. The van der Waals surface area contributed by atoms with Crippen LogP contribution in [0.5, 0.6) is 17.2 Å². The van der Waals surface area contributed by atoms with Crippen molar-refractivity contribution in [1.82, 2.24) is 0 Å². The third-order valence-electron chi connectivity index (χ3n) is 2.36. The number of hydrogen-bond donors (Lipinski definition) is 1. The van der Waals surface area contributed by atoms with Gasteiger partial charge in [0.1, 0.15) is 6.42 Å². The summed E-state index contributed by atoms with van der Waals surface area (Å²) < 4.78 is 83.8. The number of benzene rings is 1. The van der Waals surface area contributed by atoms with Crippen LogP contribution in [0.4, 0.5) is 26.3 Å². The number of ether oxygens (including phenoxy) is 2. The van der Waals surface area contributed by atoms with Gasteiger partial charge in [-0.15, -0.1) is 0 Å². The predicted molar refractivity (Wildman–Crippen MR) is 48.8 cm³/mol. The molecule has 0 spiro atoms. The molecule has 1 aliphatic rings. The standard InChI is InChI=1S/C10H6F6O3/c11-9(12,13)4-8(10(14,15)16)18-6-3-1-2-5(17)7(6)19-8/h1-3,17H,4H2. The van der Waals surface area contributed by atoms with Gasteiger partial charge in [-0.25, -0.2) is 0 Å². The van der Waals surface area contributed by atoms with Gasteiger partial charge in [0.05, 0.1) is 0 Å². The molecule has 1 unspecified atom stereocenters. The van der Waals surface area contributed by atoms with E-state index < -0.39 is 41.8 Å². The van der Waals surface area contributed by atoms with Gasteiger partial charge >= 0.3 is 18.1 Å². The van der Waals surface area contributed by atoms with Crippen LogP contribution in [-0.2, 0) is 0 Å². The molecule has 1 aromatic rings. The van der Waals surface area contributed by atoms with Gasteiger partial charge in [0.15, 0.2) is 11.5 Å². The number of rotatable bonds is 1. The van der Waals surface area contributed by atoms with Crippen molar-refractivity contribution in [2.24, 2.45) is 0 Å². The van der Waals surface area contributed by atoms with E-state index in [-0.39, 0.29) is 0 Å². The van der Waals surface area contributed by atoms with Gasteiger partial charge in [0.25, 0.3) is 0 Å². The third kappa shape index (κ3) is 2.36. The predicted octanol–water partition coefficient (Wildman–Crippen LogP) is 3.37. The van der Waals surface area contributed by atoms with Crippen LogP contribution in [-0.4, -0.2) is 23.2 Å². The average molecular weight is 288 g/mol. The van der Waals surface area contributed by atoms with E-state index in [0.29, 0.717) is 0 Å². The number of alkyl halides is 6. The summed E-state index contributed by atoms with van der Waals surface area (Å²) in [7, 11) is 0. The van der Waals surface area contributed by atoms with Crippen molar-refractivity contribution in [2.45, 2.75) is 24.6 Å². The van der Waals surface area contributed by atoms with Gasteiger partial charge in [-0.2, -0.15) is 26.3 Å². The lowest BCUT2D eigenvalue weighted by atomic mass is 10.2. The van der Waals surface area contributed by atoms with Crippen LogP contribution in [0.1, 0.15) is 6.42 Å². The second-order valence-corrected chi connectivity index (χ2v) is 3.85. The van der Waals surface area contributed by atoms with Crippen LogP contribution in [0.15, 0.2) is 18.2 Å². The van der Waals surface area contributed by atoms with Crippen LogP contribution >= 0.6 is 0 Å². The highest BCUT2D eigenvalue weighted by Gasteiger charge is 2.68. The number of aromatic hydroxyl groups is 1. The first-order valence-corrected chi connectivity index (χ1v) is 4.88. The molecule has 1 aromatic carbocycles. The third-order valence-corrected chi connectivity index (χ3v) is 2.36. The molecular weight excluding hydrogens is 282 g/mol. The molecule has 0 saturated heterocycles. The largest absolute Gasteiger partial charge is 0.504 e. The molecule has 1 N–H and O–H groups in total. The monoisotopic (exact) mass is 288 g/mol. The van der Waals surface area contributed by atoms with Crippen LogP contribution < -0.4 is 9.47 Å². The topological polar surface area (TPSA) is 38.7 Å². The zero-order chi connectivity index (χ0) is 14.5. The smallest absolute Gasteiger partial charge is 0.468 e. The van der Waals surface area contributed by atoms with E-state index in [4.69, 9.17) is 0 Å². The van der Waals surface area contributed by atoms with Crippen LogP contribution in [0.3, 0.4) is 0 Å². The summed E-state index contributed by atoms with van der Waals surface area (Å²) in [6, 6.07) is 3.07. The van der Waals surface area contributed by atoms with Gasteiger partial charge in [0, 0.05) is 0 Å². The van der Waals surface area contributed by atoms with Crippen LogP contribution in [0.2, 0.25) is 0 Å². The summed E-state index contributed by atoms with van der Waals surface area (Å²) in [6.07, 6.45) is -13.0. The zero-order valence-corrected chi connectivity index (χ0v) is 8.97. The van der Waals surface area contributed by atoms with Crippen LogP contribution in [0.25, 0.3) is 0 Å². The Kier molecular flexibility index (Phi) is 2.76. The van der Waals surface area contributed by atoms with E-state index in [1.54, 1.807) is 0 Å². The van der Waals surface area contributed by atoms with Gasteiger partial charge in [-0.1, -0.05) is 6.07 Å². The fourth-order valence-corrected chi connectivity index (χ4v) is 1.60. The molecule has 2 rings (SSSR count). The summed E-state index contributed by atoms with van der Waals surface area (Å²) >= 11 is 0. The molecule has 0 amide bonds. The fraction of sp³-hybridized carbons (Fsp3) is 0.400. The number of phenolic OH excluding ortho intramolecular Hbond substituents is 1. The van der Waals surface area contributed by atoms with Gasteiger partial charge in [-0.05, 0) is 12.1 Å². The van der Waals surface area contributed by atoms with E-state index in [9.17, 15) is 31.4 Å². The quantitative estimate of drug-likeness (QED) is 0.805. The zero-order valence-electron chi connectivity index (χ0n) is 8.97. The average Bonchev–Trinajstić information content (AvgIpc) is 2.55. The molecular formula is C10H6F6O3. The molecule has 0 aliphatic carbocycles. The highest BCUT2D eigenvalue weighted by molar-refractivity contribution is 5.53.